The molecule has 4 heterocycles. The molecule has 0 bridgehead atoms. The number of azo groups is 4. The zero-order valence-electron chi connectivity index (χ0n) is 32.6. The van der Waals surface area contributed by atoms with Crippen molar-refractivity contribution in [2.24, 2.45) is 48.0 Å². The van der Waals surface area contributed by atoms with E-state index in [1.165, 1.54) is 37.2 Å². The van der Waals surface area contributed by atoms with Crippen LogP contribution in [0, 0.1) is 15.6 Å². The highest BCUT2D eigenvalue weighted by Crippen LogP contribution is 2.47. The first-order chi connectivity index (χ1) is 29.8. The van der Waals surface area contributed by atoms with Crippen molar-refractivity contribution in [2.45, 2.75) is 5.41 Å². The van der Waals surface area contributed by atoms with Crippen molar-refractivity contribution < 1.29 is 18.8 Å². The fraction of sp³-hybridized carbons (Fsp3) is 0.0435. The molecule has 8 rings (SSSR count). The molecule has 0 amide bonds. The number of rotatable bonds is 12. The fourth-order valence-electron chi connectivity index (χ4n) is 6.55. The third-order valence-corrected chi connectivity index (χ3v) is 9.64. The van der Waals surface area contributed by atoms with Gasteiger partial charge < -0.3 is 15.6 Å². The van der Waals surface area contributed by atoms with Crippen molar-refractivity contribution in [3.8, 4) is 0 Å². The summed E-state index contributed by atoms with van der Waals surface area (Å²) in [5.74, 6) is 0. The lowest BCUT2D eigenvalue weighted by Gasteiger charge is -2.37. The van der Waals surface area contributed by atoms with E-state index in [-0.39, 0.29) is 0 Å². The molecule has 15 nitrogen and oxygen atoms in total. The van der Waals surface area contributed by atoms with Crippen LogP contribution in [0.4, 0.5) is 45.5 Å². The van der Waals surface area contributed by atoms with E-state index in [9.17, 15) is 15.6 Å². The van der Waals surface area contributed by atoms with Gasteiger partial charge >= 0.3 is 0 Å². The van der Waals surface area contributed by atoms with Gasteiger partial charge in [-0.15, -0.1) is 0 Å². The van der Waals surface area contributed by atoms with Gasteiger partial charge in [-0.25, -0.2) is 4.57 Å². The lowest BCUT2D eigenvalue weighted by atomic mass is 9.65. The summed E-state index contributed by atoms with van der Waals surface area (Å²) < 4.78 is 4.00. The van der Waals surface area contributed by atoms with Crippen LogP contribution in [0.1, 0.15) is 22.3 Å². The van der Waals surface area contributed by atoms with E-state index >= 15 is 0 Å². The molecule has 0 aliphatic carbocycles. The molecular weight excluding hydrogens is 769 g/mol. The van der Waals surface area contributed by atoms with E-state index in [4.69, 9.17) is 0 Å². The van der Waals surface area contributed by atoms with Crippen molar-refractivity contribution in [1.29, 1.82) is 0 Å². The molecule has 61 heavy (non-hydrogen) atoms. The molecule has 0 radical (unpaired) electrons. The molecule has 0 saturated carbocycles. The second-order valence-corrected chi connectivity index (χ2v) is 13.7. The Morgan fingerprint density at radius 3 is 0.672 bits per heavy atom. The van der Waals surface area contributed by atoms with Crippen LogP contribution in [0.5, 0.6) is 0 Å². The highest BCUT2D eigenvalue weighted by Gasteiger charge is 2.38. The number of nitrogens with zero attached hydrogens (tertiary/aromatic N) is 12. The van der Waals surface area contributed by atoms with Crippen LogP contribution in [0.2, 0.25) is 0 Å². The van der Waals surface area contributed by atoms with Gasteiger partial charge in [0.05, 0.1) is 50.9 Å². The second kappa shape index (κ2) is 17.8. The lowest BCUT2D eigenvalue weighted by molar-refractivity contribution is -0.671. The molecule has 8 aromatic rings. The SMILES string of the molecule is C[n+]1ccc(N=Nc2ccc(C(c3ccc(N=Nc4cc[n+]([O-])cc4)cc3)(c3ccc(N=Nc4cc[n+]([O-])cc4)cc3)c3ccc(N=Nc4cc[n+]([O-])cc4)cc3)cc2)cc1. The van der Waals surface area contributed by atoms with Crippen LogP contribution in [0.3, 0.4) is 0 Å². The number of pyridine rings is 4. The van der Waals surface area contributed by atoms with Crippen molar-refractivity contribution in [3.05, 3.63) is 233 Å². The molecule has 0 unspecified atom stereocenters. The minimum absolute atomic E-state index is 0.543. The lowest BCUT2D eigenvalue weighted by Crippen LogP contribution is -2.30. The van der Waals surface area contributed by atoms with E-state index in [1.807, 2.05) is 133 Å². The molecule has 296 valence electrons. The molecule has 15 heteroatoms. The standard InChI is InChI=1S/C46H35N12O3/c1-55-26-18-42(19-27-55)51-47-38-10-2-34(3-11-38)46(35-4-12-39(13-5-35)48-52-43-20-28-56(59)29-21-43,36-6-14-40(15-7-36)49-53-44-22-30-57(60)31-23-44)37-8-16-41(17-9-37)50-54-45-24-32-58(61)33-25-45/h2-33H,1H3/q+1. The summed E-state index contributed by atoms with van der Waals surface area (Å²) >= 11 is 0. The third-order valence-electron chi connectivity index (χ3n) is 9.64. The van der Waals surface area contributed by atoms with E-state index in [0.717, 1.165) is 27.9 Å². The normalized spacial score (nSPS) is 12.7. The Balaban J connectivity index is 1.24. The largest absolute Gasteiger partial charge is 0.619 e. The van der Waals surface area contributed by atoms with Gasteiger partial charge in [-0.05, 0) is 70.8 Å². The van der Waals surface area contributed by atoms with Crippen LogP contribution in [-0.4, -0.2) is 0 Å². The topological polar surface area (TPSA) is 184 Å². The van der Waals surface area contributed by atoms with Gasteiger partial charge in [-0.3, -0.25) is 0 Å². The van der Waals surface area contributed by atoms with Gasteiger partial charge in [0.1, 0.15) is 7.05 Å². The monoisotopic (exact) mass is 803 g/mol. The smallest absolute Gasteiger partial charge is 0.182 e. The molecular formula is C46H35N12O3+. The van der Waals surface area contributed by atoms with Gasteiger partial charge in [0.2, 0.25) is 0 Å². The fourth-order valence-corrected chi connectivity index (χ4v) is 6.55. The van der Waals surface area contributed by atoms with Gasteiger partial charge in [0, 0.05) is 48.5 Å². The zero-order chi connectivity index (χ0) is 42.0. The van der Waals surface area contributed by atoms with Gasteiger partial charge in [0.25, 0.3) is 0 Å². The summed E-state index contributed by atoms with van der Waals surface area (Å²) in [5.41, 5.74) is 7.61. The summed E-state index contributed by atoms with van der Waals surface area (Å²) in [6, 6.07) is 44.8. The molecule has 0 atom stereocenters. The van der Waals surface area contributed by atoms with Crippen LogP contribution < -0.4 is 18.8 Å². The quantitative estimate of drug-likeness (QED) is 0.0516. The maximum atomic E-state index is 11.5. The van der Waals surface area contributed by atoms with E-state index < -0.39 is 5.41 Å². The summed E-state index contributed by atoms with van der Waals surface area (Å²) in [5, 5.41) is 69.9. The summed E-state index contributed by atoms with van der Waals surface area (Å²) in [6.45, 7) is 0. The van der Waals surface area contributed by atoms with Crippen LogP contribution in [0.15, 0.2) is 236 Å². The van der Waals surface area contributed by atoms with Crippen LogP contribution in [-0.2, 0) is 12.5 Å². The second-order valence-electron chi connectivity index (χ2n) is 13.7. The molecule has 0 saturated heterocycles. The van der Waals surface area contributed by atoms with Crippen molar-refractivity contribution in [3.63, 3.8) is 0 Å². The Labute approximate surface area is 349 Å². The molecule has 4 aromatic carbocycles. The first-order valence-corrected chi connectivity index (χ1v) is 18.9. The number of aromatic nitrogens is 4. The molecule has 0 spiro atoms. The number of benzene rings is 4. The minimum Gasteiger partial charge on any atom is -0.619 e. The molecule has 4 aromatic heterocycles. The molecule has 0 N–H and O–H groups in total. The highest BCUT2D eigenvalue weighted by molar-refractivity contribution is 5.64. The average Bonchev–Trinajstić information content (AvgIpc) is 3.30. The van der Waals surface area contributed by atoms with Crippen molar-refractivity contribution in [1.82, 2.24) is 0 Å². The van der Waals surface area contributed by atoms with E-state index in [2.05, 4.69) is 40.9 Å². The van der Waals surface area contributed by atoms with Gasteiger partial charge in [-0.2, -0.15) is 55.1 Å². The number of hydrogen-bond acceptors (Lipinski definition) is 11. The van der Waals surface area contributed by atoms with Crippen molar-refractivity contribution >= 4 is 45.5 Å². The Kier molecular flexibility index (Phi) is 11.4. The molecule has 0 aliphatic rings. The highest BCUT2D eigenvalue weighted by atomic mass is 16.5. The Morgan fingerprint density at radius 2 is 0.459 bits per heavy atom. The first kappa shape index (κ1) is 39.1. The van der Waals surface area contributed by atoms with Crippen LogP contribution in [0.25, 0.3) is 0 Å². The van der Waals surface area contributed by atoms with Crippen LogP contribution >= 0.6 is 0 Å². The average molecular weight is 804 g/mol. The predicted molar refractivity (Wildman–Crippen MR) is 225 cm³/mol. The molecule has 0 fully saturated rings. The van der Waals surface area contributed by atoms with Crippen molar-refractivity contribution in [2.75, 3.05) is 0 Å². The van der Waals surface area contributed by atoms with Gasteiger partial charge in [0.15, 0.2) is 49.6 Å². The Hall–Kier alpha value is -8.72. The summed E-state index contributed by atoms with van der Waals surface area (Å²) in [6.07, 6.45) is 12.0. The minimum atomic E-state index is -0.922. The third kappa shape index (κ3) is 9.37. The molecule has 0 aliphatic heterocycles. The summed E-state index contributed by atoms with van der Waals surface area (Å²) in [4.78, 5) is 0. The maximum Gasteiger partial charge on any atom is 0.182 e. The maximum absolute atomic E-state index is 11.5. The Morgan fingerprint density at radius 1 is 0.279 bits per heavy atom. The Bertz CT molecular complexity index is 2430. The summed E-state index contributed by atoms with van der Waals surface area (Å²) in [7, 11) is 1.94. The number of hydrogen-bond donors (Lipinski definition) is 0. The zero-order valence-corrected chi connectivity index (χ0v) is 32.6. The van der Waals surface area contributed by atoms with E-state index in [1.54, 1.807) is 36.4 Å². The van der Waals surface area contributed by atoms with E-state index in [0.29, 0.717) is 54.0 Å². The predicted octanol–water partition coefficient (Wildman–Crippen LogP) is 10.5. The number of aryl methyl sites for hydroxylation is 1. The van der Waals surface area contributed by atoms with Gasteiger partial charge in [-0.1, -0.05) is 48.5 Å². The first-order valence-electron chi connectivity index (χ1n) is 18.9.